The number of hydrogen-bond acceptors (Lipinski definition) is 5. The molecule has 3 rings (SSSR count). The molecular weight excluding hydrogens is 468 g/mol. The first-order valence-electron chi connectivity index (χ1n) is 9.99. The molecule has 1 atom stereocenters. The van der Waals surface area contributed by atoms with Gasteiger partial charge in [0, 0.05) is 42.3 Å². The van der Waals surface area contributed by atoms with Crippen molar-refractivity contribution in [3.63, 3.8) is 0 Å². The van der Waals surface area contributed by atoms with E-state index in [9.17, 15) is 13.2 Å². The van der Waals surface area contributed by atoms with Crippen molar-refractivity contribution >= 4 is 43.2 Å². The van der Waals surface area contributed by atoms with Gasteiger partial charge in [-0.05, 0) is 55.8 Å². The molecule has 0 aromatic heterocycles. The summed E-state index contributed by atoms with van der Waals surface area (Å²) in [6, 6.07) is 11.7. The molecule has 30 heavy (non-hydrogen) atoms. The van der Waals surface area contributed by atoms with Gasteiger partial charge in [0.1, 0.15) is 0 Å². The van der Waals surface area contributed by atoms with E-state index in [4.69, 9.17) is 0 Å². The summed E-state index contributed by atoms with van der Waals surface area (Å²) in [6.07, 6.45) is 0.813. The lowest BCUT2D eigenvalue weighted by atomic mass is 10.1. The molecule has 0 aliphatic carbocycles. The molecule has 1 amide bonds. The van der Waals surface area contributed by atoms with Crippen LogP contribution in [0.4, 0.5) is 11.4 Å². The SMILES string of the molecule is CC[C@@H](C)NC(=O)c1ccc(N2CCNCC2)c(NS(=O)(=O)c2ccc(Br)cc2)c1. The number of hydrogen-bond donors (Lipinski definition) is 3. The van der Waals surface area contributed by atoms with Gasteiger partial charge in [-0.3, -0.25) is 9.52 Å². The fraction of sp³-hybridized carbons (Fsp3) is 0.381. The van der Waals surface area contributed by atoms with Gasteiger partial charge in [0.25, 0.3) is 15.9 Å². The van der Waals surface area contributed by atoms with E-state index in [0.29, 0.717) is 11.3 Å². The largest absolute Gasteiger partial charge is 0.367 e. The Bertz CT molecular complexity index is 990. The van der Waals surface area contributed by atoms with Crippen LogP contribution in [0.5, 0.6) is 0 Å². The van der Waals surface area contributed by atoms with Crippen molar-refractivity contribution < 1.29 is 13.2 Å². The number of sulfonamides is 1. The third-order valence-corrected chi connectivity index (χ3v) is 6.98. The fourth-order valence-corrected chi connectivity index (χ4v) is 4.50. The first-order chi connectivity index (χ1) is 14.3. The zero-order valence-electron chi connectivity index (χ0n) is 17.1. The van der Waals surface area contributed by atoms with Gasteiger partial charge in [-0.15, -0.1) is 0 Å². The van der Waals surface area contributed by atoms with Crippen molar-refractivity contribution in [1.29, 1.82) is 0 Å². The lowest BCUT2D eigenvalue weighted by molar-refractivity contribution is 0.0939. The van der Waals surface area contributed by atoms with E-state index in [1.807, 2.05) is 19.9 Å². The molecular formula is C21H27BrN4O3S. The summed E-state index contributed by atoms with van der Waals surface area (Å²) in [6.45, 7) is 7.07. The third-order valence-electron chi connectivity index (χ3n) is 5.07. The minimum atomic E-state index is -3.81. The van der Waals surface area contributed by atoms with E-state index in [2.05, 4.69) is 36.2 Å². The lowest BCUT2D eigenvalue weighted by Gasteiger charge is -2.31. The van der Waals surface area contributed by atoms with Crippen LogP contribution >= 0.6 is 15.9 Å². The number of halogens is 1. The number of piperazine rings is 1. The molecule has 3 N–H and O–H groups in total. The van der Waals surface area contributed by atoms with E-state index in [-0.39, 0.29) is 16.8 Å². The van der Waals surface area contributed by atoms with E-state index < -0.39 is 10.0 Å². The molecule has 1 aliphatic rings. The number of rotatable bonds is 7. The summed E-state index contributed by atoms with van der Waals surface area (Å²) in [5.74, 6) is -0.222. The molecule has 1 heterocycles. The normalized spacial score (nSPS) is 15.5. The van der Waals surface area contributed by atoms with Crippen molar-refractivity contribution in [1.82, 2.24) is 10.6 Å². The maximum atomic E-state index is 13.0. The van der Waals surface area contributed by atoms with Crippen LogP contribution in [0, 0.1) is 0 Å². The van der Waals surface area contributed by atoms with E-state index >= 15 is 0 Å². The van der Waals surface area contributed by atoms with Crippen LogP contribution in [-0.4, -0.2) is 46.5 Å². The minimum absolute atomic E-state index is 0.0354. The third kappa shape index (κ3) is 5.53. The van der Waals surface area contributed by atoms with Crippen molar-refractivity contribution in [2.24, 2.45) is 0 Å². The van der Waals surface area contributed by atoms with Gasteiger partial charge < -0.3 is 15.5 Å². The maximum absolute atomic E-state index is 13.0. The van der Waals surface area contributed by atoms with Crippen LogP contribution in [-0.2, 0) is 10.0 Å². The Kier molecular flexibility index (Phi) is 7.38. The zero-order chi connectivity index (χ0) is 21.7. The number of anilines is 2. The molecule has 0 spiro atoms. The van der Waals surface area contributed by atoms with Crippen molar-refractivity contribution in [2.75, 3.05) is 35.8 Å². The zero-order valence-corrected chi connectivity index (χ0v) is 19.5. The van der Waals surface area contributed by atoms with Gasteiger partial charge in [0.2, 0.25) is 0 Å². The van der Waals surface area contributed by atoms with Gasteiger partial charge in [-0.1, -0.05) is 22.9 Å². The average Bonchev–Trinajstić information content (AvgIpc) is 2.74. The summed E-state index contributed by atoms with van der Waals surface area (Å²) in [5, 5.41) is 6.22. The first kappa shape index (κ1) is 22.6. The first-order valence-corrected chi connectivity index (χ1v) is 12.3. The topological polar surface area (TPSA) is 90.5 Å². The van der Waals surface area contributed by atoms with Crippen LogP contribution < -0.4 is 20.3 Å². The average molecular weight is 495 g/mol. The highest BCUT2D eigenvalue weighted by Crippen LogP contribution is 2.30. The molecule has 0 unspecified atom stereocenters. The second kappa shape index (κ2) is 9.80. The summed E-state index contributed by atoms with van der Waals surface area (Å²) in [4.78, 5) is 14.9. The predicted octanol–water partition coefficient (Wildman–Crippen LogP) is 3.19. The number of nitrogens with one attached hydrogen (secondary N) is 3. The minimum Gasteiger partial charge on any atom is -0.367 e. The van der Waals surface area contributed by atoms with E-state index in [1.54, 1.807) is 24.3 Å². The molecule has 162 valence electrons. The smallest absolute Gasteiger partial charge is 0.261 e. The Morgan fingerprint density at radius 2 is 1.83 bits per heavy atom. The van der Waals surface area contributed by atoms with Gasteiger partial charge in [-0.25, -0.2) is 8.42 Å². The van der Waals surface area contributed by atoms with Gasteiger partial charge in [0.15, 0.2) is 0 Å². The van der Waals surface area contributed by atoms with Crippen LogP contribution in [0.2, 0.25) is 0 Å². The Balaban J connectivity index is 1.96. The van der Waals surface area contributed by atoms with Crippen LogP contribution in [0.25, 0.3) is 0 Å². The monoisotopic (exact) mass is 494 g/mol. The molecule has 1 fully saturated rings. The molecule has 7 nitrogen and oxygen atoms in total. The number of carbonyl (C=O) groups is 1. The van der Waals surface area contributed by atoms with Crippen molar-refractivity contribution in [2.45, 2.75) is 31.2 Å². The highest BCUT2D eigenvalue weighted by molar-refractivity contribution is 9.10. The number of nitrogens with zero attached hydrogens (tertiary/aromatic N) is 1. The van der Waals surface area contributed by atoms with E-state index in [1.165, 1.54) is 12.1 Å². The molecule has 2 aromatic carbocycles. The molecule has 1 aliphatic heterocycles. The summed E-state index contributed by atoms with van der Waals surface area (Å²) < 4.78 is 29.5. The fourth-order valence-electron chi connectivity index (χ4n) is 3.17. The maximum Gasteiger partial charge on any atom is 0.261 e. The quantitative estimate of drug-likeness (QED) is 0.549. The van der Waals surface area contributed by atoms with Crippen LogP contribution in [0.15, 0.2) is 51.8 Å². The second-order valence-electron chi connectivity index (χ2n) is 7.31. The van der Waals surface area contributed by atoms with Gasteiger partial charge in [0.05, 0.1) is 16.3 Å². The van der Waals surface area contributed by atoms with E-state index in [0.717, 1.165) is 42.8 Å². The number of amides is 1. The Morgan fingerprint density at radius 1 is 1.17 bits per heavy atom. The summed E-state index contributed by atoms with van der Waals surface area (Å²) in [7, 11) is -3.81. The van der Waals surface area contributed by atoms with Crippen LogP contribution in [0.1, 0.15) is 30.6 Å². The molecule has 9 heteroatoms. The molecule has 1 saturated heterocycles. The summed E-state index contributed by atoms with van der Waals surface area (Å²) in [5.41, 5.74) is 1.58. The Hall–Kier alpha value is -2.10. The van der Waals surface area contributed by atoms with Gasteiger partial charge in [-0.2, -0.15) is 0 Å². The van der Waals surface area contributed by atoms with Crippen molar-refractivity contribution in [3.8, 4) is 0 Å². The predicted molar refractivity (Wildman–Crippen MR) is 124 cm³/mol. The van der Waals surface area contributed by atoms with Crippen LogP contribution in [0.3, 0.4) is 0 Å². The molecule has 0 saturated carbocycles. The standard InChI is InChI=1S/C21H27BrN4O3S/c1-3-15(2)24-21(27)16-4-9-20(26-12-10-23-11-13-26)19(14-16)25-30(28,29)18-7-5-17(22)6-8-18/h4-9,14-15,23,25H,3,10-13H2,1-2H3,(H,24,27)/t15-/m1/s1. The molecule has 2 aromatic rings. The highest BCUT2D eigenvalue weighted by atomic mass is 79.9. The highest BCUT2D eigenvalue weighted by Gasteiger charge is 2.21. The molecule has 0 bridgehead atoms. The Morgan fingerprint density at radius 3 is 2.47 bits per heavy atom. The number of benzene rings is 2. The van der Waals surface area contributed by atoms with Gasteiger partial charge >= 0.3 is 0 Å². The van der Waals surface area contributed by atoms with Crippen molar-refractivity contribution in [3.05, 3.63) is 52.5 Å². The second-order valence-corrected chi connectivity index (χ2v) is 9.91. The number of carbonyl (C=O) groups excluding carboxylic acids is 1. The lowest BCUT2D eigenvalue weighted by Crippen LogP contribution is -2.43. The molecule has 0 radical (unpaired) electrons. The summed E-state index contributed by atoms with van der Waals surface area (Å²) >= 11 is 3.32. The Labute approximate surface area is 186 Å².